The average Bonchev–Trinajstić information content (AvgIpc) is 2.76. The third kappa shape index (κ3) is 6.32. The Hall–Kier alpha value is -2.34. The summed E-state index contributed by atoms with van der Waals surface area (Å²) in [6, 6.07) is 10.4. The number of aromatic hydroxyl groups is 1. The minimum Gasteiger partial charge on any atom is -0.493 e. The van der Waals surface area contributed by atoms with Crippen LogP contribution in [0, 0.1) is 0 Å². The predicted molar refractivity (Wildman–Crippen MR) is 120 cm³/mol. The van der Waals surface area contributed by atoms with Gasteiger partial charge in [0.25, 0.3) is 0 Å². The van der Waals surface area contributed by atoms with E-state index in [1.54, 1.807) is 6.07 Å². The van der Waals surface area contributed by atoms with Gasteiger partial charge in [-0.25, -0.2) is 4.98 Å². The Balaban J connectivity index is 1.58. The summed E-state index contributed by atoms with van der Waals surface area (Å²) in [5, 5.41) is 13.3. The van der Waals surface area contributed by atoms with Crippen LogP contribution in [0.5, 0.6) is 5.88 Å². The molecule has 0 aliphatic carbocycles. The Bertz CT molecular complexity index is 743. The molecule has 0 radical (unpaired) electrons. The van der Waals surface area contributed by atoms with Crippen LogP contribution in [-0.2, 0) is 6.42 Å². The van der Waals surface area contributed by atoms with Gasteiger partial charge in [-0.15, -0.1) is 0 Å². The number of benzene rings is 1. The first-order chi connectivity index (χ1) is 14.2. The fourth-order valence-electron chi connectivity index (χ4n) is 4.08. The van der Waals surface area contributed by atoms with Crippen LogP contribution in [-0.4, -0.2) is 41.8 Å². The molecule has 1 aliphatic rings. The number of piperidine rings is 1. The fourth-order valence-corrected chi connectivity index (χ4v) is 4.08. The predicted octanol–water partition coefficient (Wildman–Crippen LogP) is 4.06. The van der Waals surface area contributed by atoms with E-state index in [2.05, 4.69) is 39.5 Å². The molecule has 6 nitrogen and oxygen atoms in total. The van der Waals surface area contributed by atoms with E-state index in [0.29, 0.717) is 12.5 Å². The van der Waals surface area contributed by atoms with Gasteiger partial charge >= 0.3 is 0 Å². The zero-order valence-corrected chi connectivity index (χ0v) is 17.6. The summed E-state index contributed by atoms with van der Waals surface area (Å²) in [6.07, 6.45) is 8.82. The Morgan fingerprint density at radius 2 is 1.83 bits per heavy atom. The Labute approximate surface area is 174 Å². The number of anilines is 2. The molecule has 1 atom stereocenters. The van der Waals surface area contributed by atoms with Gasteiger partial charge in [-0.3, -0.25) is 0 Å². The molecule has 1 aromatic heterocycles. The number of unbranched alkanes of at least 4 members (excludes halogenated alkanes) is 1. The molecule has 158 valence electrons. The lowest BCUT2D eigenvalue weighted by atomic mass is 9.93. The van der Waals surface area contributed by atoms with Crippen molar-refractivity contribution in [3.8, 4) is 5.88 Å². The topological polar surface area (TPSA) is 87.3 Å². The van der Waals surface area contributed by atoms with E-state index in [4.69, 9.17) is 10.7 Å². The van der Waals surface area contributed by atoms with E-state index in [1.807, 2.05) is 7.05 Å². The Kier molecular flexibility index (Phi) is 8.11. The third-order valence-electron chi connectivity index (χ3n) is 5.80. The van der Waals surface area contributed by atoms with E-state index >= 15 is 0 Å². The standard InChI is InChI=1S/C23H35N5O/c1-25-20-11-9-18(10-12-20)7-3-4-8-19(13-14-24)21-17-22(29)27-23(26-21)28-15-5-2-6-16-28/h9-12,17,19,25H,2-8,13-16,24H2,1H3,(H,26,27,29). The largest absolute Gasteiger partial charge is 0.493 e. The van der Waals surface area contributed by atoms with Crippen molar-refractivity contribution in [2.24, 2.45) is 5.73 Å². The van der Waals surface area contributed by atoms with Gasteiger partial charge in [0.05, 0.1) is 5.69 Å². The molecule has 0 spiro atoms. The molecule has 1 aromatic carbocycles. The molecule has 1 fully saturated rings. The first-order valence-electron chi connectivity index (χ1n) is 11.0. The smallest absolute Gasteiger partial charge is 0.228 e. The van der Waals surface area contributed by atoms with Crippen LogP contribution in [0.25, 0.3) is 0 Å². The van der Waals surface area contributed by atoms with Crippen molar-refractivity contribution in [2.75, 3.05) is 36.9 Å². The zero-order valence-electron chi connectivity index (χ0n) is 17.6. The molecule has 1 saturated heterocycles. The molecular formula is C23H35N5O. The summed E-state index contributed by atoms with van der Waals surface area (Å²) in [5.74, 6) is 1.01. The van der Waals surface area contributed by atoms with E-state index in [9.17, 15) is 5.11 Å². The molecular weight excluding hydrogens is 362 g/mol. The number of nitrogens with one attached hydrogen (secondary N) is 1. The van der Waals surface area contributed by atoms with Crippen LogP contribution in [0.1, 0.15) is 62.1 Å². The highest BCUT2D eigenvalue weighted by atomic mass is 16.3. The maximum absolute atomic E-state index is 10.2. The second kappa shape index (κ2) is 11.0. The summed E-state index contributed by atoms with van der Waals surface area (Å²) in [7, 11) is 1.94. The third-order valence-corrected chi connectivity index (χ3v) is 5.80. The molecule has 1 aliphatic heterocycles. The molecule has 2 heterocycles. The second-order valence-corrected chi connectivity index (χ2v) is 7.97. The number of hydrogen-bond acceptors (Lipinski definition) is 6. The highest BCUT2D eigenvalue weighted by Gasteiger charge is 2.19. The molecule has 0 bridgehead atoms. The molecule has 3 rings (SSSR count). The molecule has 1 unspecified atom stereocenters. The van der Waals surface area contributed by atoms with Crippen molar-refractivity contribution in [3.63, 3.8) is 0 Å². The lowest BCUT2D eigenvalue weighted by molar-refractivity contribution is 0.444. The highest BCUT2D eigenvalue weighted by Crippen LogP contribution is 2.28. The lowest BCUT2D eigenvalue weighted by Gasteiger charge is -2.27. The highest BCUT2D eigenvalue weighted by molar-refractivity contribution is 5.43. The maximum atomic E-state index is 10.2. The SMILES string of the molecule is CNc1ccc(CCCCC(CCN)c2cc(O)nc(N3CCCCC3)n2)cc1. The van der Waals surface area contributed by atoms with E-state index in [1.165, 1.54) is 12.0 Å². The summed E-state index contributed by atoms with van der Waals surface area (Å²) < 4.78 is 0. The fraction of sp³-hybridized carbons (Fsp3) is 0.565. The number of rotatable bonds is 10. The molecule has 29 heavy (non-hydrogen) atoms. The minimum atomic E-state index is 0.0715. The van der Waals surface area contributed by atoms with Crippen LogP contribution in [0.4, 0.5) is 11.6 Å². The van der Waals surface area contributed by atoms with Gasteiger partial charge in [0.1, 0.15) is 0 Å². The van der Waals surface area contributed by atoms with Gasteiger partial charge in [0, 0.05) is 37.8 Å². The van der Waals surface area contributed by atoms with Crippen molar-refractivity contribution >= 4 is 11.6 Å². The lowest BCUT2D eigenvalue weighted by Crippen LogP contribution is -2.31. The second-order valence-electron chi connectivity index (χ2n) is 7.97. The van der Waals surface area contributed by atoms with E-state index in [0.717, 1.165) is 69.4 Å². The van der Waals surface area contributed by atoms with Crippen LogP contribution >= 0.6 is 0 Å². The first kappa shape index (κ1) is 21.4. The summed E-state index contributed by atoms with van der Waals surface area (Å²) in [5.41, 5.74) is 9.33. The van der Waals surface area contributed by atoms with Gasteiger partial charge in [-0.05, 0) is 69.2 Å². The Morgan fingerprint density at radius 3 is 2.52 bits per heavy atom. The number of aryl methyl sites for hydroxylation is 1. The summed E-state index contributed by atoms with van der Waals surface area (Å²) in [4.78, 5) is 11.3. The van der Waals surface area contributed by atoms with Crippen LogP contribution in [0.2, 0.25) is 0 Å². The molecule has 2 aromatic rings. The van der Waals surface area contributed by atoms with E-state index < -0.39 is 0 Å². The monoisotopic (exact) mass is 397 g/mol. The van der Waals surface area contributed by atoms with Gasteiger partial charge in [0.2, 0.25) is 11.8 Å². The number of nitrogens with two attached hydrogens (primary N) is 1. The van der Waals surface area contributed by atoms with Crippen LogP contribution in [0.3, 0.4) is 0 Å². The van der Waals surface area contributed by atoms with Crippen molar-refractivity contribution in [1.82, 2.24) is 9.97 Å². The van der Waals surface area contributed by atoms with Crippen molar-refractivity contribution in [1.29, 1.82) is 0 Å². The normalized spacial score (nSPS) is 15.3. The van der Waals surface area contributed by atoms with Crippen LogP contribution < -0.4 is 16.0 Å². The molecule has 0 amide bonds. The van der Waals surface area contributed by atoms with Crippen molar-refractivity contribution < 1.29 is 5.11 Å². The quantitative estimate of drug-likeness (QED) is 0.524. The average molecular weight is 398 g/mol. The van der Waals surface area contributed by atoms with Crippen LogP contribution in [0.15, 0.2) is 30.3 Å². The summed E-state index contributed by atoms with van der Waals surface area (Å²) in [6.45, 7) is 2.56. The van der Waals surface area contributed by atoms with Crippen molar-refractivity contribution in [2.45, 2.75) is 57.3 Å². The maximum Gasteiger partial charge on any atom is 0.228 e. The molecule has 4 N–H and O–H groups in total. The Morgan fingerprint density at radius 1 is 1.07 bits per heavy atom. The van der Waals surface area contributed by atoms with Gasteiger partial charge in [-0.2, -0.15) is 4.98 Å². The number of nitrogens with zero attached hydrogens (tertiary/aromatic N) is 3. The molecule has 6 heteroatoms. The van der Waals surface area contributed by atoms with Gasteiger partial charge < -0.3 is 21.1 Å². The number of hydrogen-bond donors (Lipinski definition) is 3. The van der Waals surface area contributed by atoms with Gasteiger partial charge in [0.15, 0.2) is 0 Å². The van der Waals surface area contributed by atoms with Gasteiger partial charge in [-0.1, -0.05) is 18.6 Å². The zero-order chi connectivity index (χ0) is 20.5. The van der Waals surface area contributed by atoms with Crippen molar-refractivity contribution in [3.05, 3.63) is 41.6 Å². The number of aromatic nitrogens is 2. The first-order valence-corrected chi connectivity index (χ1v) is 11.0. The summed E-state index contributed by atoms with van der Waals surface area (Å²) >= 11 is 0. The van der Waals surface area contributed by atoms with E-state index in [-0.39, 0.29) is 11.8 Å². The molecule has 0 saturated carbocycles. The minimum absolute atomic E-state index is 0.0715.